The summed E-state index contributed by atoms with van der Waals surface area (Å²) in [6.45, 7) is 9.98. The monoisotopic (exact) mass is 648 g/mol. The number of rotatable bonds is 10. The Bertz CT molecular complexity index is 1950. The Morgan fingerprint density at radius 1 is 1.00 bits per heavy atom. The van der Waals surface area contributed by atoms with E-state index in [0.717, 1.165) is 91.3 Å². The Hall–Kier alpha value is -4.67. The second kappa shape index (κ2) is 13.8. The molecule has 0 saturated carbocycles. The summed E-state index contributed by atoms with van der Waals surface area (Å²) in [7, 11) is 0. The van der Waals surface area contributed by atoms with Gasteiger partial charge in [0, 0.05) is 41.7 Å². The summed E-state index contributed by atoms with van der Waals surface area (Å²) in [5, 5.41) is 3.01. The van der Waals surface area contributed by atoms with E-state index < -0.39 is 0 Å². The lowest BCUT2D eigenvalue weighted by atomic mass is 9.93. The second-order valence-electron chi connectivity index (χ2n) is 13.1. The third-order valence-electron chi connectivity index (χ3n) is 9.39. The van der Waals surface area contributed by atoms with Crippen LogP contribution in [-0.4, -0.2) is 56.1 Å². The van der Waals surface area contributed by atoms with Crippen molar-refractivity contribution >= 4 is 22.6 Å². The first kappa shape index (κ1) is 31.9. The topological polar surface area (TPSA) is 94.4 Å². The number of carbonyl (C=O) groups excluding carboxylic acids is 1. The highest BCUT2D eigenvalue weighted by Crippen LogP contribution is 2.30. The number of nitrogens with zero attached hydrogens (tertiary/aromatic N) is 5. The van der Waals surface area contributed by atoms with E-state index in [-0.39, 0.29) is 24.4 Å². The molecular formula is C38H41FN6O3. The van der Waals surface area contributed by atoms with Crippen molar-refractivity contribution in [3.63, 3.8) is 0 Å². The first-order valence-electron chi connectivity index (χ1n) is 16.7. The summed E-state index contributed by atoms with van der Waals surface area (Å²) in [4.78, 5) is 29.7. The molecule has 5 aromatic rings. The van der Waals surface area contributed by atoms with Gasteiger partial charge in [-0.05, 0) is 100 Å². The summed E-state index contributed by atoms with van der Waals surface area (Å²) in [5.41, 5.74) is 7.26. The van der Waals surface area contributed by atoms with E-state index >= 15 is 0 Å². The van der Waals surface area contributed by atoms with Crippen molar-refractivity contribution in [1.82, 2.24) is 24.4 Å². The minimum atomic E-state index is -0.259. The number of carbonyl (C=O) groups is 1. The van der Waals surface area contributed by atoms with Crippen molar-refractivity contribution in [3.05, 3.63) is 112 Å². The number of likely N-dealkylation sites (tertiary alicyclic amines) is 1. The molecule has 2 saturated heterocycles. The molecule has 7 rings (SSSR count). The molecular weight excluding hydrogens is 607 g/mol. The van der Waals surface area contributed by atoms with Crippen LogP contribution in [0.3, 0.4) is 0 Å². The van der Waals surface area contributed by atoms with E-state index in [2.05, 4.69) is 25.8 Å². The molecule has 1 unspecified atom stereocenters. The number of ether oxygens (including phenoxy) is 2. The van der Waals surface area contributed by atoms with Crippen molar-refractivity contribution in [3.8, 4) is 5.88 Å². The molecule has 1 atom stereocenters. The van der Waals surface area contributed by atoms with Crippen LogP contribution in [0, 0.1) is 26.6 Å². The third-order valence-corrected chi connectivity index (χ3v) is 9.39. The number of pyridine rings is 2. The summed E-state index contributed by atoms with van der Waals surface area (Å²) >= 11 is 0. The number of imidazole rings is 1. The zero-order valence-electron chi connectivity index (χ0n) is 27.7. The molecule has 0 aliphatic carbocycles. The molecule has 1 N–H and O–H groups in total. The average Bonchev–Trinajstić information content (AvgIpc) is 3.38. The van der Waals surface area contributed by atoms with Gasteiger partial charge in [-0.1, -0.05) is 24.3 Å². The molecule has 48 heavy (non-hydrogen) atoms. The first-order valence-corrected chi connectivity index (χ1v) is 16.7. The molecule has 0 spiro atoms. The number of aromatic nitrogens is 4. The lowest BCUT2D eigenvalue weighted by molar-refractivity contribution is -0.0592. The van der Waals surface area contributed by atoms with Gasteiger partial charge in [0.1, 0.15) is 23.9 Å². The SMILES string of the molecule is Cc1cnc(C(=O)Nc2ccc3c(c2)nc(CN2CCC(c4cccc(OCc5ccc(C)cc5F)n4)CC2)n3CC2CCO2)c(C)c1. The Morgan fingerprint density at radius 3 is 2.58 bits per heavy atom. The Labute approximate surface area is 280 Å². The fraction of sp³-hybridized carbons (Fsp3) is 0.368. The van der Waals surface area contributed by atoms with Crippen molar-refractivity contribution in [2.45, 2.75) is 71.8 Å². The van der Waals surface area contributed by atoms with Gasteiger partial charge >= 0.3 is 0 Å². The van der Waals surface area contributed by atoms with Gasteiger partial charge < -0.3 is 19.4 Å². The number of amides is 1. The Kier molecular flexibility index (Phi) is 9.19. The van der Waals surface area contributed by atoms with Gasteiger partial charge in [0.15, 0.2) is 0 Å². The number of halogens is 1. The maximum atomic E-state index is 14.3. The molecule has 9 nitrogen and oxygen atoms in total. The summed E-state index contributed by atoms with van der Waals surface area (Å²) in [6.07, 6.45) is 4.88. The van der Waals surface area contributed by atoms with E-state index in [1.165, 1.54) is 6.07 Å². The molecule has 3 aromatic heterocycles. The number of hydrogen-bond donors (Lipinski definition) is 1. The van der Waals surface area contributed by atoms with E-state index in [0.29, 0.717) is 28.7 Å². The molecule has 0 radical (unpaired) electrons. The molecule has 2 aliphatic rings. The number of aryl methyl sites for hydroxylation is 3. The molecule has 0 bridgehead atoms. The zero-order valence-corrected chi connectivity index (χ0v) is 27.7. The van der Waals surface area contributed by atoms with Crippen LogP contribution in [-0.2, 0) is 24.4 Å². The molecule has 2 aliphatic heterocycles. The highest BCUT2D eigenvalue weighted by molar-refractivity contribution is 6.04. The van der Waals surface area contributed by atoms with Crippen LogP contribution in [0.1, 0.15) is 69.4 Å². The fourth-order valence-electron chi connectivity index (χ4n) is 6.60. The van der Waals surface area contributed by atoms with Crippen LogP contribution < -0.4 is 10.1 Å². The standard InChI is InChI=1S/C38H41FN6O3/c1-24-7-8-28(31(39)18-24)23-48-36-6-4-5-32(43-36)27-11-14-44(15-12-27)22-35-42-33-19-29(9-10-34(33)45(35)21-30-13-16-47-30)41-38(46)37-26(3)17-25(2)20-40-37/h4-10,17-20,27,30H,11-16,21-23H2,1-3H3,(H,41,46). The highest BCUT2D eigenvalue weighted by atomic mass is 19.1. The van der Waals surface area contributed by atoms with Crippen LogP contribution in [0.2, 0.25) is 0 Å². The first-order chi connectivity index (χ1) is 23.3. The van der Waals surface area contributed by atoms with Crippen molar-refractivity contribution in [2.75, 3.05) is 25.0 Å². The third kappa shape index (κ3) is 7.10. The quantitative estimate of drug-likeness (QED) is 0.176. The summed E-state index contributed by atoms with van der Waals surface area (Å²) in [5.74, 6) is 1.34. The zero-order chi connectivity index (χ0) is 33.2. The van der Waals surface area contributed by atoms with Crippen LogP contribution >= 0.6 is 0 Å². The molecule has 10 heteroatoms. The lowest BCUT2D eigenvalue weighted by Crippen LogP contribution is -2.35. The van der Waals surface area contributed by atoms with Crippen LogP contribution in [0.4, 0.5) is 10.1 Å². The van der Waals surface area contributed by atoms with Gasteiger partial charge in [-0.15, -0.1) is 0 Å². The summed E-state index contributed by atoms with van der Waals surface area (Å²) < 4.78 is 28.3. The molecule has 2 fully saturated rings. The van der Waals surface area contributed by atoms with Crippen LogP contribution in [0.5, 0.6) is 5.88 Å². The smallest absolute Gasteiger partial charge is 0.274 e. The molecule has 5 heterocycles. The van der Waals surface area contributed by atoms with Gasteiger partial charge in [0.25, 0.3) is 5.91 Å². The van der Waals surface area contributed by atoms with Crippen molar-refractivity contribution in [2.24, 2.45) is 0 Å². The Morgan fingerprint density at radius 2 is 1.83 bits per heavy atom. The van der Waals surface area contributed by atoms with Crippen molar-refractivity contribution < 1.29 is 18.7 Å². The summed E-state index contributed by atoms with van der Waals surface area (Å²) in [6, 6.07) is 18.9. The van der Waals surface area contributed by atoms with Crippen molar-refractivity contribution in [1.29, 1.82) is 0 Å². The van der Waals surface area contributed by atoms with E-state index in [1.807, 2.05) is 63.2 Å². The number of anilines is 1. The number of fused-ring (bicyclic) bond motifs is 1. The van der Waals surface area contributed by atoms with Gasteiger partial charge in [0.2, 0.25) is 5.88 Å². The number of nitrogens with one attached hydrogen (secondary N) is 1. The minimum absolute atomic E-state index is 0.144. The van der Waals surface area contributed by atoms with Crippen LogP contribution in [0.25, 0.3) is 11.0 Å². The second-order valence-corrected chi connectivity index (χ2v) is 13.1. The maximum Gasteiger partial charge on any atom is 0.274 e. The predicted octanol–water partition coefficient (Wildman–Crippen LogP) is 6.89. The predicted molar refractivity (Wildman–Crippen MR) is 183 cm³/mol. The van der Waals surface area contributed by atoms with Gasteiger partial charge in [-0.2, -0.15) is 0 Å². The van der Waals surface area contributed by atoms with E-state index in [9.17, 15) is 9.18 Å². The minimum Gasteiger partial charge on any atom is -0.473 e. The van der Waals surface area contributed by atoms with Gasteiger partial charge in [-0.25, -0.2) is 14.4 Å². The van der Waals surface area contributed by atoms with Crippen LogP contribution in [0.15, 0.2) is 66.9 Å². The largest absolute Gasteiger partial charge is 0.473 e. The molecule has 2 aromatic carbocycles. The normalized spacial score (nSPS) is 17.0. The molecule has 248 valence electrons. The van der Waals surface area contributed by atoms with Gasteiger partial charge in [-0.3, -0.25) is 14.7 Å². The number of benzene rings is 2. The highest BCUT2D eigenvalue weighted by Gasteiger charge is 2.26. The van der Waals surface area contributed by atoms with E-state index in [4.69, 9.17) is 19.4 Å². The average molecular weight is 649 g/mol. The molecule has 1 amide bonds. The lowest BCUT2D eigenvalue weighted by Gasteiger charge is -2.32. The van der Waals surface area contributed by atoms with Gasteiger partial charge in [0.05, 0.1) is 30.2 Å². The number of hydrogen-bond acceptors (Lipinski definition) is 7. The number of piperidine rings is 1. The van der Waals surface area contributed by atoms with E-state index in [1.54, 1.807) is 12.3 Å². The fourth-order valence-corrected chi connectivity index (χ4v) is 6.60. The maximum absolute atomic E-state index is 14.3. The Balaban J connectivity index is 1.01.